The van der Waals surface area contributed by atoms with Crippen LogP contribution in [-0.4, -0.2) is 30.8 Å². The van der Waals surface area contributed by atoms with Crippen molar-refractivity contribution in [2.75, 3.05) is 13.2 Å². The lowest BCUT2D eigenvalue weighted by Gasteiger charge is -2.08. The minimum atomic E-state index is -4.49. The lowest BCUT2D eigenvalue weighted by molar-refractivity contribution is -0.137. The fourth-order valence-electron chi connectivity index (χ4n) is 2.33. The number of nitrogens with one attached hydrogen (secondary N) is 1. The summed E-state index contributed by atoms with van der Waals surface area (Å²) in [5, 5.41) is 2.67. The molecular weight excluding hydrogens is 375 g/mol. The standard InChI is InChI=1S/C20H18F3NO4/c1-13(25)24-11-10-14-2-4-15(5-3-14)18(26)12-28-19(27)16-6-8-17(9-7-16)20(21,22)23/h2-9H,10-12H2,1H3,(H,24,25). The monoisotopic (exact) mass is 393 g/mol. The number of amides is 1. The van der Waals surface area contributed by atoms with Crippen LogP contribution in [0.5, 0.6) is 0 Å². The Hall–Kier alpha value is -3.16. The number of halogens is 3. The van der Waals surface area contributed by atoms with E-state index in [0.29, 0.717) is 18.5 Å². The average Bonchev–Trinajstić information content (AvgIpc) is 2.65. The number of hydrogen-bond acceptors (Lipinski definition) is 4. The summed E-state index contributed by atoms with van der Waals surface area (Å²) in [5.74, 6) is -1.44. The summed E-state index contributed by atoms with van der Waals surface area (Å²) in [7, 11) is 0. The summed E-state index contributed by atoms with van der Waals surface area (Å²) in [4.78, 5) is 34.8. The van der Waals surface area contributed by atoms with Gasteiger partial charge in [0.25, 0.3) is 0 Å². The SMILES string of the molecule is CC(=O)NCCc1ccc(C(=O)COC(=O)c2ccc(C(F)(F)F)cc2)cc1. The molecule has 0 aromatic heterocycles. The molecule has 28 heavy (non-hydrogen) atoms. The summed E-state index contributed by atoms with van der Waals surface area (Å²) in [6.07, 6.45) is -3.89. The number of rotatable bonds is 7. The maximum atomic E-state index is 12.5. The van der Waals surface area contributed by atoms with Gasteiger partial charge in [-0.3, -0.25) is 9.59 Å². The van der Waals surface area contributed by atoms with Crippen molar-refractivity contribution in [2.24, 2.45) is 0 Å². The van der Waals surface area contributed by atoms with Gasteiger partial charge in [-0.1, -0.05) is 24.3 Å². The molecule has 1 N–H and O–H groups in total. The van der Waals surface area contributed by atoms with Gasteiger partial charge in [0.2, 0.25) is 5.91 Å². The largest absolute Gasteiger partial charge is 0.454 e. The highest BCUT2D eigenvalue weighted by Crippen LogP contribution is 2.29. The molecule has 0 aliphatic rings. The summed E-state index contributed by atoms with van der Waals surface area (Å²) in [6.45, 7) is 1.38. The lowest BCUT2D eigenvalue weighted by atomic mass is 10.1. The summed E-state index contributed by atoms with van der Waals surface area (Å²) < 4.78 is 42.4. The van der Waals surface area contributed by atoms with Crippen molar-refractivity contribution in [3.05, 3.63) is 70.8 Å². The number of esters is 1. The van der Waals surface area contributed by atoms with Gasteiger partial charge in [-0.2, -0.15) is 13.2 Å². The molecular formula is C20H18F3NO4. The zero-order valence-corrected chi connectivity index (χ0v) is 15.0. The first kappa shape index (κ1) is 21.1. The maximum absolute atomic E-state index is 12.5. The first-order valence-corrected chi connectivity index (χ1v) is 8.38. The highest BCUT2D eigenvalue weighted by molar-refractivity contribution is 5.99. The predicted octanol–water partition coefficient (Wildman–Crippen LogP) is 3.42. The molecule has 2 aromatic carbocycles. The van der Waals surface area contributed by atoms with Gasteiger partial charge in [0.05, 0.1) is 11.1 Å². The molecule has 0 fully saturated rings. The third-order valence-electron chi connectivity index (χ3n) is 3.85. The molecule has 0 aliphatic heterocycles. The molecule has 148 valence electrons. The number of benzene rings is 2. The van der Waals surface area contributed by atoms with Gasteiger partial charge < -0.3 is 10.1 Å². The van der Waals surface area contributed by atoms with E-state index >= 15 is 0 Å². The first-order valence-electron chi connectivity index (χ1n) is 8.38. The van der Waals surface area contributed by atoms with E-state index in [1.54, 1.807) is 24.3 Å². The Bertz CT molecular complexity index is 843. The van der Waals surface area contributed by atoms with E-state index in [1.807, 2.05) is 0 Å². The average molecular weight is 393 g/mol. The van der Waals surface area contributed by atoms with Crippen molar-refractivity contribution < 1.29 is 32.3 Å². The van der Waals surface area contributed by atoms with Crippen molar-refractivity contribution in [1.82, 2.24) is 5.32 Å². The quantitative estimate of drug-likeness (QED) is 0.578. The van der Waals surface area contributed by atoms with Crippen molar-refractivity contribution >= 4 is 17.7 Å². The Morgan fingerprint density at radius 3 is 2.04 bits per heavy atom. The third kappa shape index (κ3) is 6.22. The van der Waals surface area contributed by atoms with Crippen LogP contribution in [0.4, 0.5) is 13.2 Å². The van der Waals surface area contributed by atoms with E-state index in [2.05, 4.69) is 5.32 Å². The van der Waals surface area contributed by atoms with Crippen LogP contribution >= 0.6 is 0 Å². The predicted molar refractivity (Wildman–Crippen MR) is 94.9 cm³/mol. The third-order valence-corrected chi connectivity index (χ3v) is 3.85. The molecule has 0 saturated heterocycles. The molecule has 2 rings (SSSR count). The van der Waals surface area contributed by atoms with Gasteiger partial charge in [0, 0.05) is 19.0 Å². The normalized spacial score (nSPS) is 11.0. The number of Topliss-reactive ketones (excluding diaryl/α,β-unsaturated/α-hetero) is 1. The zero-order valence-electron chi connectivity index (χ0n) is 15.0. The second kappa shape index (κ2) is 9.16. The maximum Gasteiger partial charge on any atom is 0.416 e. The molecule has 0 radical (unpaired) electrons. The summed E-state index contributed by atoms with van der Waals surface area (Å²) >= 11 is 0. The van der Waals surface area contributed by atoms with Crippen molar-refractivity contribution in [2.45, 2.75) is 19.5 Å². The Kier molecular flexibility index (Phi) is 6.92. The van der Waals surface area contributed by atoms with E-state index in [1.165, 1.54) is 6.92 Å². The van der Waals surface area contributed by atoms with Crippen LogP contribution < -0.4 is 5.32 Å². The lowest BCUT2D eigenvalue weighted by Crippen LogP contribution is -2.22. The molecule has 1 amide bonds. The van der Waals surface area contributed by atoms with Crippen LogP contribution in [0.15, 0.2) is 48.5 Å². The van der Waals surface area contributed by atoms with Crippen LogP contribution in [0.3, 0.4) is 0 Å². The number of ether oxygens (including phenoxy) is 1. The molecule has 0 heterocycles. The number of carbonyl (C=O) groups is 3. The van der Waals surface area contributed by atoms with E-state index in [9.17, 15) is 27.6 Å². The fourth-order valence-corrected chi connectivity index (χ4v) is 2.33. The first-order chi connectivity index (χ1) is 13.2. The van der Waals surface area contributed by atoms with Crippen LogP contribution in [0.2, 0.25) is 0 Å². The molecule has 8 heteroatoms. The van der Waals surface area contributed by atoms with Gasteiger partial charge >= 0.3 is 12.1 Å². The molecule has 0 bridgehead atoms. The van der Waals surface area contributed by atoms with E-state index in [0.717, 1.165) is 29.8 Å². The Balaban J connectivity index is 1.87. The Morgan fingerprint density at radius 2 is 1.50 bits per heavy atom. The minimum absolute atomic E-state index is 0.0749. The Labute approximate surface area is 159 Å². The highest BCUT2D eigenvalue weighted by Gasteiger charge is 2.30. The number of hydrogen-bond donors (Lipinski definition) is 1. The Morgan fingerprint density at radius 1 is 0.929 bits per heavy atom. The number of carbonyl (C=O) groups excluding carboxylic acids is 3. The zero-order chi connectivity index (χ0) is 20.7. The van der Waals surface area contributed by atoms with Crippen molar-refractivity contribution in [1.29, 1.82) is 0 Å². The molecule has 0 atom stereocenters. The topological polar surface area (TPSA) is 72.5 Å². The van der Waals surface area contributed by atoms with Crippen LogP contribution in [0, 0.1) is 0 Å². The van der Waals surface area contributed by atoms with Gasteiger partial charge in [0.1, 0.15) is 0 Å². The fraction of sp³-hybridized carbons (Fsp3) is 0.250. The van der Waals surface area contributed by atoms with E-state index in [4.69, 9.17) is 4.74 Å². The second-order valence-electron chi connectivity index (χ2n) is 6.00. The number of ketones is 1. The van der Waals surface area contributed by atoms with E-state index in [-0.39, 0.29) is 11.5 Å². The van der Waals surface area contributed by atoms with Crippen LogP contribution in [-0.2, 0) is 22.1 Å². The van der Waals surface area contributed by atoms with Crippen LogP contribution in [0.1, 0.15) is 38.8 Å². The smallest absolute Gasteiger partial charge is 0.416 e. The van der Waals surface area contributed by atoms with Gasteiger partial charge in [0.15, 0.2) is 12.4 Å². The summed E-state index contributed by atoms with van der Waals surface area (Å²) in [6, 6.07) is 10.2. The molecule has 2 aromatic rings. The van der Waals surface area contributed by atoms with Crippen molar-refractivity contribution in [3.8, 4) is 0 Å². The van der Waals surface area contributed by atoms with Crippen molar-refractivity contribution in [3.63, 3.8) is 0 Å². The number of alkyl halides is 3. The van der Waals surface area contributed by atoms with E-state index < -0.39 is 30.1 Å². The molecule has 0 unspecified atom stereocenters. The second-order valence-corrected chi connectivity index (χ2v) is 6.00. The van der Waals surface area contributed by atoms with Gasteiger partial charge in [-0.05, 0) is 36.2 Å². The van der Waals surface area contributed by atoms with Gasteiger partial charge in [-0.15, -0.1) is 0 Å². The summed E-state index contributed by atoms with van der Waals surface area (Å²) in [5.41, 5.74) is 0.309. The highest BCUT2D eigenvalue weighted by atomic mass is 19.4. The molecule has 0 spiro atoms. The van der Waals surface area contributed by atoms with Crippen LogP contribution in [0.25, 0.3) is 0 Å². The minimum Gasteiger partial charge on any atom is -0.454 e. The molecule has 5 nitrogen and oxygen atoms in total. The molecule has 0 aliphatic carbocycles. The molecule has 0 saturated carbocycles. The van der Waals surface area contributed by atoms with Gasteiger partial charge in [-0.25, -0.2) is 4.79 Å².